The molecule has 118 valence electrons. The zero-order valence-electron chi connectivity index (χ0n) is 12.2. The van der Waals surface area contributed by atoms with Gasteiger partial charge >= 0.3 is 0 Å². The first-order valence-electron chi connectivity index (χ1n) is 6.42. The first-order chi connectivity index (χ1) is 10.5. The quantitative estimate of drug-likeness (QED) is 0.885. The number of ether oxygens (including phenoxy) is 2. The molecular weight excluding hydrogens is 309 g/mol. The summed E-state index contributed by atoms with van der Waals surface area (Å²) in [6.07, 6.45) is 0. The van der Waals surface area contributed by atoms with Gasteiger partial charge in [0.2, 0.25) is 10.0 Å². The van der Waals surface area contributed by atoms with Gasteiger partial charge in [-0.25, -0.2) is 17.5 Å². The maximum absolute atomic E-state index is 12.8. The molecule has 0 atom stereocenters. The van der Waals surface area contributed by atoms with Crippen LogP contribution in [0.3, 0.4) is 0 Å². The number of rotatable bonds is 6. The molecule has 22 heavy (non-hydrogen) atoms. The van der Waals surface area contributed by atoms with E-state index in [1.807, 2.05) is 0 Å². The Morgan fingerprint density at radius 2 is 1.73 bits per heavy atom. The molecule has 0 spiro atoms. The average Bonchev–Trinajstić information content (AvgIpc) is 2.53. The molecule has 5 nitrogen and oxygen atoms in total. The molecule has 0 heterocycles. The van der Waals surface area contributed by atoms with Crippen LogP contribution in [0, 0.1) is 5.82 Å². The second-order valence-electron chi connectivity index (χ2n) is 4.47. The molecule has 2 rings (SSSR count). The maximum atomic E-state index is 12.8. The van der Waals surface area contributed by atoms with Gasteiger partial charge in [0.15, 0.2) is 0 Å². The van der Waals surface area contributed by atoms with Crippen LogP contribution in [0.5, 0.6) is 11.5 Å². The Labute approximate surface area is 128 Å². The van der Waals surface area contributed by atoms with Crippen molar-refractivity contribution >= 4 is 10.0 Å². The third kappa shape index (κ3) is 3.75. The Bertz CT molecular complexity index is 745. The van der Waals surface area contributed by atoms with E-state index in [2.05, 4.69) is 4.72 Å². The summed E-state index contributed by atoms with van der Waals surface area (Å²) in [5.41, 5.74) is 0.650. The van der Waals surface area contributed by atoms with Crippen molar-refractivity contribution in [2.24, 2.45) is 0 Å². The number of benzene rings is 2. The van der Waals surface area contributed by atoms with E-state index in [0.717, 1.165) is 0 Å². The molecule has 0 amide bonds. The molecule has 2 aromatic rings. The molecule has 0 radical (unpaired) electrons. The van der Waals surface area contributed by atoms with Gasteiger partial charge in [-0.15, -0.1) is 0 Å². The lowest BCUT2D eigenvalue weighted by Crippen LogP contribution is -2.23. The third-order valence-corrected chi connectivity index (χ3v) is 4.48. The largest absolute Gasteiger partial charge is 0.497 e. The number of hydrogen-bond donors (Lipinski definition) is 1. The Kier molecular flexibility index (Phi) is 4.99. The van der Waals surface area contributed by atoms with Crippen molar-refractivity contribution in [2.45, 2.75) is 11.4 Å². The molecule has 0 aliphatic rings. The highest BCUT2D eigenvalue weighted by molar-refractivity contribution is 7.89. The van der Waals surface area contributed by atoms with Crippen LogP contribution >= 0.6 is 0 Å². The summed E-state index contributed by atoms with van der Waals surface area (Å²) in [5, 5.41) is 0. The van der Waals surface area contributed by atoms with Gasteiger partial charge in [-0.1, -0.05) is 12.1 Å². The van der Waals surface area contributed by atoms with Gasteiger partial charge in [0.1, 0.15) is 22.2 Å². The molecule has 0 bridgehead atoms. The fourth-order valence-corrected chi connectivity index (χ4v) is 3.02. The van der Waals surface area contributed by atoms with Crippen LogP contribution in [-0.2, 0) is 16.6 Å². The van der Waals surface area contributed by atoms with Crippen LogP contribution < -0.4 is 14.2 Å². The van der Waals surface area contributed by atoms with E-state index < -0.39 is 10.0 Å². The van der Waals surface area contributed by atoms with Gasteiger partial charge in [0.25, 0.3) is 0 Å². The molecule has 0 fully saturated rings. The smallest absolute Gasteiger partial charge is 0.244 e. The summed E-state index contributed by atoms with van der Waals surface area (Å²) in [6, 6.07) is 10.0. The van der Waals surface area contributed by atoms with E-state index in [1.54, 1.807) is 0 Å². The third-order valence-electron chi connectivity index (χ3n) is 3.04. The zero-order valence-corrected chi connectivity index (χ0v) is 13.0. The van der Waals surface area contributed by atoms with Gasteiger partial charge < -0.3 is 9.47 Å². The predicted molar refractivity (Wildman–Crippen MR) is 80.0 cm³/mol. The summed E-state index contributed by atoms with van der Waals surface area (Å²) in [4.78, 5) is 0.0120. The molecule has 0 aromatic heterocycles. The van der Waals surface area contributed by atoms with Crippen molar-refractivity contribution in [3.63, 3.8) is 0 Å². The second kappa shape index (κ2) is 6.76. The molecule has 0 aliphatic carbocycles. The molecule has 0 saturated heterocycles. The fourth-order valence-electron chi connectivity index (χ4n) is 1.86. The van der Waals surface area contributed by atoms with E-state index >= 15 is 0 Å². The van der Waals surface area contributed by atoms with Crippen molar-refractivity contribution in [1.29, 1.82) is 0 Å². The van der Waals surface area contributed by atoms with Crippen LogP contribution in [0.1, 0.15) is 5.56 Å². The lowest BCUT2D eigenvalue weighted by Gasteiger charge is -2.12. The highest BCUT2D eigenvalue weighted by atomic mass is 32.2. The number of halogens is 1. The molecule has 0 unspecified atom stereocenters. The van der Waals surface area contributed by atoms with E-state index in [0.29, 0.717) is 11.3 Å². The Morgan fingerprint density at radius 1 is 1.05 bits per heavy atom. The summed E-state index contributed by atoms with van der Waals surface area (Å²) in [5.74, 6) is 0.309. The van der Waals surface area contributed by atoms with Gasteiger partial charge in [-0.2, -0.15) is 0 Å². The number of nitrogens with one attached hydrogen (secondary N) is 1. The summed E-state index contributed by atoms with van der Waals surface area (Å²) in [6.45, 7) is 0.0534. The summed E-state index contributed by atoms with van der Waals surface area (Å²) < 4.78 is 50.1. The minimum absolute atomic E-state index is 0.0120. The SMILES string of the molecule is COc1ccc(S(=O)(=O)NCc2ccc(F)cc2)c(OC)c1. The van der Waals surface area contributed by atoms with Gasteiger partial charge in [0.05, 0.1) is 14.2 Å². The first-order valence-corrected chi connectivity index (χ1v) is 7.90. The van der Waals surface area contributed by atoms with E-state index in [4.69, 9.17) is 9.47 Å². The lowest BCUT2D eigenvalue weighted by molar-refractivity contribution is 0.386. The molecule has 7 heteroatoms. The number of methoxy groups -OCH3 is 2. The van der Waals surface area contributed by atoms with Gasteiger partial charge in [-0.3, -0.25) is 0 Å². The maximum Gasteiger partial charge on any atom is 0.244 e. The minimum atomic E-state index is -3.76. The van der Waals surface area contributed by atoms with Crippen molar-refractivity contribution in [3.05, 3.63) is 53.8 Å². The van der Waals surface area contributed by atoms with Gasteiger partial charge in [0, 0.05) is 12.6 Å². The van der Waals surface area contributed by atoms with E-state index in [-0.39, 0.29) is 23.0 Å². The minimum Gasteiger partial charge on any atom is -0.497 e. The van der Waals surface area contributed by atoms with Crippen LogP contribution in [0.4, 0.5) is 4.39 Å². The van der Waals surface area contributed by atoms with Crippen LogP contribution in [-0.4, -0.2) is 22.6 Å². The summed E-state index contributed by atoms with van der Waals surface area (Å²) >= 11 is 0. The van der Waals surface area contributed by atoms with E-state index in [1.165, 1.54) is 56.7 Å². The number of sulfonamides is 1. The standard InChI is InChI=1S/C15H16FNO4S/c1-20-13-7-8-15(14(9-13)21-2)22(18,19)17-10-11-3-5-12(16)6-4-11/h3-9,17H,10H2,1-2H3. The van der Waals surface area contributed by atoms with Crippen molar-refractivity contribution in [3.8, 4) is 11.5 Å². The monoisotopic (exact) mass is 325 g/mol. The topological polar surface area (TPSA) is 64.6 Å². The van der Waals surface area contributed by atoms with E-state index in [9.17, 15) is 12.8 Å². The normalized spacial score (nSPS) is 11.2. The Hall–Kier alpha value is -2.12. The van der Waals surface area contributed by atoms with Crippen molar-refractivity contribution in [1.82, 2.24) is 4.72 Å². The number of hydrogen-bond acceptors (Lipinski definition) is 4. The van der Waals surface area contributed by atoms with Crippen LogP contribution in [0.2, 0.25) is 0 Å². The molecule has 0 saturated carbocycles. The van der Waals surface area contributed by atoms with Crippen molar-refractivity contribution < 1.29 is 22.3 Å². The second-order valence-corrected chi connectivity index (χ2v) is 6.20. The highest BCUT2D eigenvalue weighted by Crippen LogP contribution is 2.28. The summed E-state index contributed by atoms with van der Waals surface area (Å²) in [7, 11) is -0.896. The van der Waals surface area contributed by atoms with Crippen LogP contribution in [0.15, 0.2) is 47.4 Å². The average molecular weight is 325 g/mol. The molecule has 1 N–H and O–H groups in total. The molecule has 0 aliphatic heterocycles. The lowest BCUT2D eigenvalue weighted by atomic mass is 10.2. The Balaban J connectivity index is 2.21. The fraction of sp³-hybridized carbons (Fsp3) is 0.200. The Morgan fingerprint density at radius 3 is 2.32 bits per heavy atom. The predicted octanol–water partition coefficient (Wildman–Crippen LogP) is 2.32. The molecule has 2 aromatic carbocycles. The zero-order chi connectivity index (χ0) is 16.2. The first kappa shape index (κ1) is 16.3. The molecular formula is C15H16FNO4S. The van der Waals surface area contributed by atoms with Crippen molar-refractivity contribution in [2.75, 3.05) is 14.2 Å². The van der Waals surface area contributed by atoms with Gasteiger partial charge in [-0.05, 0) is 29.8 Å². The highest BCUT2D eigenvalue weighted by Gasteiger charge is 2.19. The van der Waals surface area contributed by atoms with Crippen LogP contribution in [0.25, 0.3) is 0 Å².